The second-order valence-corrected chi connectivity index (χ2v) is 11.4. The minimum Gasteiger partial charge on any atom is -0.429 e. The van der Waals surface area contributed by atoms with Crippen LogP contribution in [0.25, 0.3) is 22.5 Å². The van der Waals surface area contributed by atoms with Crippen molar-refractivity contribution in [3.8, 4) is 22.5 Å². The summed E-state index contributed by atoms with van der Waals surface area (Å²) in [7, 11) is 0. The summed E-state index contributed by atoms with van der Waals surface area (Å²) in [5.74, 6) is 1.70. The van der Waals surface area contributed by atoms with Crippen molar-refractivity contribution < 1.29 is 29.0 Å². The van der Waals surface area contributed by atoms with Gasteiger partial charge in [-0.15, -0.1) is 25.1 Å². The summed E-state index contributed by atoms with van der Waals surface area (Å²) in [5, 5.41) is 22.2. The molecule has 49 heavy (non-hydrogen) atoms. The van der Waals surface area contributed by atoms with E-state index in [2.05, 4.69) is 30.2 Å². The fourth-order valence-corrected chi connectivity index (χ4v) is 5.49. The molecule has 15 nitrogen and oxygen atoms in total. The van der Waals surface area contributed by atoms with E-state index in [0.29, 0.717) is 48.0 Å². The normalized spacial score (nSPS) is 13.0. The third kappa shape index (κ3) is 7.67. The van der Waals surface area contributed by atoms with Crippen LogP contribution in [0.5, 0.6) is 0 Å². The molecule has 1 aliphatic rings. The number of nitrogens with zero attached hydrogens (tertiary/aromatic N) is 8. The van der Waals surface area contributed by atoms with Crippen LogP contribution in [0, 0.1) is 24.0 Å². The van der Waals surface area contributed by atoms with Gasteiger partial charge in [-0.05, 0) is 60.2 Å². The molecule has 0 spiro atoms. The third-order valence-electron chi connectivity index (χ3n) is 7.96. The molecular formula is C34H32N8O7. The van der Waals surface area contributed by atoms with Crippen LogP contribution >= 0.6 is 0 Å². The zero-order chi connectivity index (χ0) is 34.5. The van der Waals surface area contributed by atoms with E-state index in [4.69, 9.17) is 9.47 Å². The predicted molar refractivity (Wildman–Crippen MR) is 174 cm³/mol. The van der Waals surface area contributed by atoms with Crippen molar-refractivity contribution in [2.75, 3.05) is 4.90 Å². The van der Waals surface area contributed by atoms with Crippen molar-refractivity contribution in [1.82, 2.24) is 30.2 Å². The minimum absolute atomic E-state index is 0.0367. The number of hydrogen-bond donors (Lipinski definition) is 0. The molecule has 0 bridgehead atoms. The molecule has 1 atom stereocenters. The molecule has 2 aromatic heterocycles. The number of benzene rings is 3. The van der Waals surface area contributed by atoms with E-state index < -0.39 is 17.5 Å². The zero-order valence-corrected chi connectivity index (χ0v) is 27.0. The first kappa shape index (κ1) is 32.7. The van der Waals surface area contributed by atoms with Crippen LogP contribution in [0.3, 0.4) is 0 Å². The van der Waals surface area contributed by atoms with Gasteiger partial charge in [-0.1, -0.05) is 72.8 Å². The smallest absolute Gasteiger partial charge is 0.429 e. The highest BCUT2D eigenvalue weighted by Crippen LogP contribution is 2.32. The molecule has 6 rings (SSSR count). The van der Waals surface area contributed by atoms with Gasteiger partial charge in [0.1, 0.15) is 24.9 Å². The fourth-order valence-electron chi connectivity index (χ4n) is 5.49. The van der Waals surface area contributed by atoms with Gasteiger partial charge in [0.15, 0.2) is 0 Å². The molecule has 1 unspecified atom stereocenters. The lowest BCUT2D eigenvalue weighted by Gasteiger charge is -2.29. The molecule has 0 saturated heterocycles. The zero-order valence-electron chi connectivity index (χ0n) is 27.0. The number of tetrazole rings is 1. The first-order valence-electron chi connectivity index (χ1n) is 15.5. The largest absolute Gasteiger partial charge is 0.510 e. The van der Waals surface area contributed by atoms with Crippen molar-refractivity contribution in [3.05, 3.63) is 117 Å². The number of carbonyl (C=O) groups excluding carboxylic acids is 2. The summed E-state index contributed by atoms with van der Waals surface area (Å²) >= 11 is 0. The van der Waals surface area contributed by atoms with Gasteiger partial charge in [0.25, 0.3) is 5.09 Å². The Labute approximate surface area is 280 Å². The molecule has 0 N–H and O–H groups in total. The van der Waals surface area contributed by atoms with Crippen molar-refractivity contribution in [2.24, 2.45) is 0 Å². The number of anilines is 1. The Hall–Kier alpha value is -6.25. The first-order chi connectivity index (χ1) is 23.6. The van der Waals surface area contributed by atoms with Crippen molar-refractivity contribution >= 4 is 17.9 Å². The van der Waals surface area contributed by atoms with Crippen LogP contribution < -0.4 is 4.90 Å². The number of fused-ring (bicyclic) bond motifs is 1. The summed E-state index contributed by atoms with van der Waals surface area (Å²) in [6.07, 6.45) is -0.780. The van der Waals surface area contributed by atoms with Crippen LogP contribution in [0.1, 0.15) is 53.3 Å². The van der Waals surface area contributed by atoms with E-state index in [-0.39, 0.29) is 19.1 Å². The molecule has 3 aromatic carbocycles. The Kier molecular flexibility index (Phi) is 9.50. The molecule has 0 radical (unpaired) electrons. The van der Waals surface area contributed by atoms with Gasteiger partial charge < -0.3 is 14.3 Å². The van der Waals surface area contributed by atoms with E-state index in [0.717, 1.165) is 33.5 Å². The molecule has 1 aliphatic heterocycles. The maximum absolute atomic E-state index is 12.9. The van der Waals surface area contributed by atoms with Gasteiger partial charge in [-0.25, -0.2) is 14.8 Å². The monoisotopic (exact) mass is 664 g/mol. The second kappa shape index (κ2) is 14.3. The molecule has 0 fully saturated rings. The predicted octanol–water partition coefficient (Wildman–Crippen LogP) is 5.47. The fraction of sp³-hybridized carbons (Fsp3) is 0.265. The van der Waals surface area contributed by atoms with Crippen LogP contribution in [-0.4, -0.2) is 47.3 Å². The summed E-state index contributed by atoms with van der Waals surface area (Å²) < 4.78 is 10.5. The summed E-state index contributed by atoms with van der Waals surface area (Å²) in [6, 6.07) is 22.2. The number of carbonyl (C=O) groups is 2. The highest BCUT2D eigenvalue weighted by Gasteiger charge is 2.28. The van der Waals surface area contributed by atoms with E-state index >= 15 is 0 Å². The second-order valence-electron chi connectivity index (χ2n) is 11.4. The molecule has 5 aromatic rings. The number of aromatic nitrogens is 6. The first-order valence-corrected chi connectivity index (χ1v) is 15.5. The Morgan fingerprint density at radius 1 is 0.918 bits per heavy atom. The Balaban J connectivity index is 1.09. The van der Waals surface area contributed by atoms with Gasteiger partial charge in [-0.2, -0.15) is 0 Å². The summed E-state index contributed by atoms with van der Waals surface area (Å²) in [6.45, 7) is 5.52. The Morgan fingerprint density at radius 3 is 2.31 bits per heavy atom. The number of ether oxygens (including phenoxy) is 2. The average molecular weight is 665 g/mol. The highest BCUT2D eigenvalue weighted by molar-refractivity contribution is 5.95. The number of rotatable bonds is 11. The Bertz CT molecular complexity index is 2000. The van der Waals surface area contributed by atoms with Gasteiger partial charge in [-0.3, -0.25) is 9.69 Å². The van der Waals surface area contributed by atoms with Gasteiger partial charge >= 0.3 is 6.16 Å². The Morgan fingerprint density at radius 2 is 1.59 bits per heavy atom. The summed E-state index contributed by atoms with van der Waals surface area (Å²) in [4.78, 5) is 52.0. The van der Waals surface area contributed by atoms with E-state index in [9.17, 15) is 19.7 Å². The van der Waals surface area contributed by atoms with Crippen molar-refractivity contribution in [2.45, 2.75) is 59.6 Å². The lowest BCUT2D eigenvalue weighted by molar-refractivity contribution is -0.763. The molecule has 15 heteroatoms. The lowest BCUT2D eigenvalue weighted by atomic mass is 9.98. The maximum atomic E-state index is 12.9. The van der Waals surface area contributed by atoms with E-state index in [1.807, 2.05) is 62.4 Å². The van der Waals surface area contributed by atoms with Gasteiger partial charge in [0, 0.05) is 23.2 Å². The minimum atomic E-state index is -0.931. The average Bonchev–Trinajstić information content (AvgIpc) is 3.59. The molecule has 3 heterocycles. The van der Waals surface area contributed by atoms with E-state index in [1.165, 1.54) is 4.80 Å². The maximum Gasteiger partial charge on any atom is 0.510 e. The SMILES string of the molecule is Cc1nc(C)c2c(n1)N(Cc1ccc(-c3ccccc3-c3nnn(C(C)OC(=O)OCc4ccc(CO[N+](=O)[O-])cc4)n3)cc1)C(=O)CC2. The lowest BCUT2D eigenvalue weighted by Crippen LogP contribution is -2.36. The van der Waals surface area contributed by atoms with Crippen molar-refractivity contribution in [1.29, 1.82) is 0 Å². The molecular weight excluding hydrogens is 632 g/mol. The van der Waals surface area contributed by atoms with E-state index in [1.54, 1.807) is 36.1 Å². The molecule has 0 saturated carbocycles. The number of aryl methyl sites for hydroxylation is 2. The van der Waals surface area contributed by atoms with Crippen LogP contribution in [-0.2, 0) is 45.3 Å². The quantitative estimate of drug-likeness (QED) is 0.0989. The van der Waals surface area contributed by atoms with Gasteiger partial charge in [0.05, 0.1) is 6.54 Å². The highest BCUT2D eigenvalue weighted by atomic mass is 16.9. The number of amides is 1. The molecule has 250 valence electrons. The van der Waals surface area contributed by atoms with Crippen LogP contribution in [0.4, 0.5) is 10.6 Å². The third-order valence-corrected chi connectivity index (χ3v) is 7.96. The van der Waals surface area contributed by atoms with Crippen LogP contribution in [0.2, 0.25) is 0 Å². The molecule has 0 aliphatic carbocycles. The topological polar surface area (TPSA) is 178 Å². The van der Waals surface area contributed by atoms with Gasteiger partial charge in [0.2, 0.25) is 18.0 Å². The van der Waals surface area contributed by atoms with Crippen molar-refractivity contribution in [3.63, 3.8) is 0 Å². The summed E-state index contributed by atoms with van der Waals surface area (Å²) in [5.41, 5.74) is 6.65. The number of hydrogen-bond acceptors (Lipinski definition) is 12. The molecule has 1 amide bonds. The standard InChI is InChI=1S/C34H32N8O7/c1-21-28-16-17-31(43)40(33(28)36-22(2)35-21)18-24-12-14-27(15-13-24)29-6-4-5-7-30(29)32-37-39-41(38-32)23(3)49-34(44)47-19-25-8-10-26(11-9-25)20-48-42(45)46/h4-15,23H,16-20H2,1-3H3. The van der Waals surface area contributed by atoms with Crippen LogP contribution in [0.15, 0.2) is 72.8 Å².